The van der Waals surface area contributed by atoms with Crippen LogP contribution in [0.5, 0.6) is 0 Å². The van der Waals surface area contributed by atoms with Gasteiger partial charge in [-0.3, -0.25) is 0 Å². The van der Waals surface area contributed by atoms with Gasteiger partial charge in [0, 0.05) is 12.8 Å². The van der Waals surface area contributed by atoms with E-state index in [4.69, 9.17) is 0 Å². The van der Waals surface area contributed by atoms with Gasteiger partial charge in [0.05, 0.1) is 15.6 Å². The second-order valence-electron chi connectivity index (χ2n) is 3.06. The summed E-state index contributed by atoms with van der Waals surface area (Å²) >= 11 is 1.72. The van der Waals surface area contributed by atoms with Gasteiger partial charge in [0.15, 0.2) is 0 Å². The number of aldehydes is 1. The number of fused-ring (bicyclic) bond motifs is 1. The molecule has 0 amide bonds. The maximum atomic E-state index is 10.2. The topological polar surface area (TPSA) is 30.0 Å². The normalized spacial score (nSPS) is 14.2. The summed E-state index contributed by atoms with van der Waals surface area (Å²) in [6, 6.07) is 0. The molecule has 0 bridgehead atoms. The summed E-state index contributed by atoms with van der Waals surface area (Å²) in [5.41, 5.74) is 1.22. The first-order chi connectivity index (χ1) is 6.40. The summed E-state index contributed by atoms with van der Waals surface area (Å²) in [6.07, 6.45) is 8.83. The fourth-order valence-electron chi connectivity index (χ4n) is 1.42. The molecule has 13 heavy (non-hydrogen) atoms. The van der Waals surface area contributed by atoms with Crippen molar-refractivity contribution in [2.45, 2.75) is 25.7 Å². The third-order valence-electron chi connectivity index (χ3n) is 2.06. The Morgan fingerprint density at radius 3 is 3.31 bits per heavy atom. The van der Waals surface area contributed by atoms with Crippen LogP contribution in [0.1, 0.15) is 28.4 Å². The van der Waals surface area contributed by atoms with Gasteiger partial charge in [-0.05, 0) is 18.9 Å². The van der Waals surface area contributed by atoms with Crippen molar-refractivity contribution in [2.24, 2.45) is 0 Å². The highest BCUT2D eigenvalue weighted by Crippen LogP contribution is 2.25. The molecular weight excluding hydrogens is 182 g/mol. The summed E-state index contributed by atoms with van der Waals surface area (Å²) in [6.45, 7) is 0. The van der Waals surface area contributed by atoms with E-state index in [2.05, 4.69) is 17.1 Å². The molecule has 0 fully saturated rings. The lowest BCUT2D eigenvalue weighted by molar-refractivity contribution is -0.107. The third kappa shape index (κ3) is 1.86. The molecular formula is C10H11NOS. The van der Waals surface area contributed by atoms with Crippen molar-refractivity contribution in [3.8, 4) is 0 Å². The van der Waals surface area contributed by atoms with E-state index >= 15 is 0 Å². The lowest BCUT2D eigenvalue weighted by atomic mass is 10.1. The minimum atomic E-state index is 0.593. The van der Waals surface area contributed by atoms with Crippen LogP contribution in [0.3, 0.4) is 0 Å². The monoisotopic (exact) mass is 193 g/mol. The highest BCUT2D eigenvalue weighted by atomic mass is 32.1. The van der Waals surface area contributed by atoms with Gasteiger partial charge in [0.1, 0.15) is 6.29 Å². The first-order valence-corrected chi connectivity index (χ1v) is 5.30. The molecule has 1 aromatic rings. The summed E-state index contributed by atoms with van der Waals surface area (Å²) in [5, 5.41) is 1.10. The van der Waals surface area contributed by atoms with Crippen LogP contribution in [0.15, 0.2) is 6.08 Å². The van der Waals surface area contributed by atoms with E-state index in [-0.39, 0.29) is 0 Å². The summed E-state index contributed by atoms with van der Waals surface area (Å²) < 4.78 is 0. The zero-order valence-corrected chi connectivity index (χ0v) is 8.14. The summed E-state index contributed by atoms with van der Waals surface area (Å²) in [7, 11) is 0. The van der Waals surface area contributed by atoms with E-state index in [0.717, 1.165) is 30.6 Å². The van der Waals surface area contributed by atoms with E-state index in [1.54, 1.807) is 11.3 Å². The Morgan fingerprint density at radius 2 is 2.54 bits per heavy atom. The van der Waals surface area contributed by atoms with Gasteiger partial charge >= 0.3 is 0 Å². The fraction of sp³-hybridized carbons (Fsp3) is 0.400. The van der Waals surface area contributed by atoms with Gasteiger partial charge in [-0.15, -0.1) is 11.3 Å². The Labute approximate surface area is 81.3 Å². The Kier molecular flexibility index (Phi) is 2.54. The average Bonchev–Trinajstić information content (AvgIpc) is 2.57. The molecule has 0 atom stereocenters. The number of rotatable bonds is 3. The Morgan fingerprint density at radius 1 is 1.62 bits per heavy atom. The van der Waals surface area contributed by atoms with Gasteiger partial charge < -0.3 is 4.79 Å². The first-order valence-electron chi connectivity index (χ1n) is 4.49. The number of carbonyl (C=O) groups is 1. The number of hydrogen-bond donors (Lipinski definition) is 0. The van der Waals surface area contributed by atoms with Crippen molar-refractivity contribution < 1.29 is 4.79 Å². The molecule has 1 aromatic heterocycles. The standard InChI is InChI=1S/C10H11NOS/c12-7-3-6-10-11-8-4-1-2-5-9(8)13-10/h2,5,7H,1,3-4,6H2. The Balaban J connectivity index is 2.16. The number of aromatic nitrogens is 1. The number of thiazole rings is 1. The van der Waals surface area contributed by atoms with Crippen LogP contribution < -0.4 is 0 Å². The molecule has 1 aliphatic rings. The Bertz CT molecular complexity index is 341. The fourth-order valence-corrected chi connectivity index (χ4v) is 2.48. The predicted octanol–water partition coefficient (Wildman–Crippen LogP) is 2.23. The number of aryl methyl sites for hydroxylation is 2. The maximum absolute atomic E-state index is 10.2. The molecule has 2 rings (SSSR count). The van der Waals surface area contributed by atoms with Crippen LogP contribution in [-0.4, -0.2) is 11.3 Å². The zero-order chi connectivity index (χ0) is 9.10. The number of carbonyl (C=O) groups excluding carboxylic acids is 1. The largest absolute Gasteiger partial charge is 0.303 e. The molecule has 1 aliphatic carbocycles. The molecule has 68 valence electrons. The smallest absolute Gasteiger partial charge is 0.120 e. The molecule has 3 heteroatoms. The molecule has 0 aliphatic heterocycles. The average molecular weight is 193 g/mol. The minimum Gasteiger partial charge on any atom is -0.303 e. The van der Waals surface area contributed by atoms with Gasteiger partial charge in [-0.25, -0.2) is 4.98 Å². The molecule has 0 radical (unpaired) electrons. The summed E-state index contributed by atoms with van der Waals surface area (Å²) in [4.78, 5) is 16.0. The van der Waals surface area contributed by atoms with E-state index in [1.807, 2.05) is 0 Å². The molecule has 0 unspecified atom stereocenters. The van der Waals surface area contributed by atoms with Crippen LogP contribution in [-0.2, 0) is 17.6 Å². The van der Waals surface area contributed by atoms with Crippen molar-refractivity contribution >= 4 is 23.7 Å². The van der Waals surface area contributed by atoms with Crippen LogP contribution in [0, 0.1) is 0 Å². The van der Waals surface area contributed by atoms with Gasteiger partial charge in [-0.1, -0.05) is 6.08 Å². The lowest BCUT2D eigenvalue weighted by Gasteiger charge is -1.99. The first kappa shape index (κ1) is 8.63. The second-order valence-corrected chi connectivity index (χ2v) is 4.18. The van der Waals surface area contributed by atoms with Crippen molar-refractivity contribution in [1.82, 2.24) is 4.98 Å². The van der Waals surface area contributed by atoms with Crippen molar-refractivity contribution in [2.75, 3.05) is 0 Å². The highest BCUT2D eigenvalue weighted by molar-refractivity contribution is 7.12. The number of allylic oxidation sites excluding steroid dienone is 1. The van der Waals surface area contributed by atoms with Gasteiger partial charge in [0.25, 0.3) is 0 Å². The van der Waals surface area contributed by atoms with E-state index in [0.29, 0.717) is 6.42 Å². The van der Waals surface area contributed by atoms with Crippen LogP contribution in [0.2, 0.25) is 0 Å². The van der Waals surface area contributed by atoms with E-state index in [1.165, 1.54) is 10.6 Å². The van der Waals surface area contributed by atoms with Crippen molar-refractivity contribution in [3.05, 3.63) is 21.7 Å². The molecule has 0 N–H and O–H groups in total. The molecule has 0 aromatic carbocycles. The number of hydrogen-bond acceptors (Lipinski definition) is 3. The van der Waals surface area contributed by atoms with Gasteiger partial charge in [-0.2, -0.15) is 0 Å². The van der Waals surface area contributed by atoms with Crippen molar-refractivity contribution in [3.63, 3.8) is 0 Å². The molecule has 1 heterocycles. The van der Waals surface area contributed by atoms with Crippen LogP contribution >= 0.6 is 11.3 Å². The quantitative estimate of drug-likeness (QED) is 0.689. The van der Waals surface area contributed by atoms with E-state index in [9.17, 15) is 4.79 Å². The van der Waals surface area contributed by atoms with Crippen LogP contribution in [0.25, 0.3) is 6.08 Å². The zero-order valence-electron chi connectivity index (χ0n) is 7.32. The summed E-state index contributed by atoms with van der Waals surface area (Å²) in [5.74, 6) is 0. The van der Waals surface area contributed by atoms with Crippen LogP contribution in [0.4, 0.5) is 0 Å². The molecule has 0 saturated carbocycles. The third-order valence-corrected chi connectivity index (χ3v) is 3.19. The second kappa shape index (κ2) is 3.83. The maximum Gasteiger partial charge on any atom is 0.120 e. The lowest BCUT2D eigenvalue weighted by Crippen LogP contribution is -1.91. The number of nitrogens with zero attached hydrogens (tertiary/aromatic N) is 1. The minimum absolute atomic E-state index is 0.593. The molecule has 0 spiro atoms. The molecule has 0 saturated heterocycles. The molecule has 2 nitrogen and oxygen atoms in total. The highest BCUT2D eigenvalue weighted by Gasteiger charge is 2.10. The SMILES string of the molecule is O=CCCc1nc2c(s1)C=CCC2. The predicted molar refractivity (Wildman–Crippen MR) is 53.9 cm³/mol. The van der Waals surface area contributed by atoms with E-state index < -0.39 is 0 Å². The Hall–Kier alpha value is -0.960. The van der Waals surface area contributed by atoms with Gasteiger partial charge in [0.2, 0.25) is 0 Å². The van der Waals surface area contributed by atoms with Crippen molar-refractivity contribution in [1.29, 1.82) is 0 Å².